The van der Waals surface area contributed by atoms with Crippen LogP contribution in [0.25, 0.3) is 0 Å². The van der Waals surface area contributed by atoms with E-state index < -0.39 is 0 Å². The van der Waals surface area contributed by atoms with Gasteiger partial charge in [-0.05, 0) is 137 Å². The van der Waals surface area contributed by atoms with Crippen LogP contribution in [0.5, 0.6) is 0 Å². The molecule has 2 saturated heterocycles. The van der Waals surface area contributed by atoms with Gasteiger partial charge >= 0.3 is 0 Å². The SMILES string of the molecule is C[C@]12Cc3cnn([C@@H]4CCCCO4)c3C[C@@H]1CC[C@@H]1[C@@H]2CC[C@@]2(C)[C@H]1CC[C@]2(C)O[C@@H]1CCCCO1. The van der Waals surface area contributed by atoms with E-state index in [4.69, 9.17) is 19.3 Å². The van der Waals surface area contributed by atoms with E-state index in [0.717, 1.165) is 49.7 Å². The monoisotopic (exact) mass is 496 g/mol. The molecule has 5 fully saturated rings. The molecule has 6 aliphatic rings. The summed E-state index contributed by atoms with van der Waals surface area (Å²) >= 11 is 0. The minimum atomic E-state index is -0.0384. The normalized spacial score (nSPS) is 48.5. The zero-order chi connectivity index (χ0) is 24.5. The first kappa shape index (κ1) is 24.2. The number of hydrogen-bond donors (Lipinski definition) is 0. The van der Waals surface area contributed by atoms with Crippen molar-refractivity contribution >= 4 is 0 Å². The quantitative estimate of drug-likeness (QED) is 0.459. The van der Waals surface area contributed by atoms with Crippen LogP contribution >= 0.6 is 0 Å². The minimum absolute atomic E-state index is 0.0201. The third kappa shape index (κ3) is 3.54. The summed E-state index contributed by atoms with van der Waals surface area (Å²) in [6.45, 7) is 9.45. The fraction of sp³-hybridized carbons (Fsp3) is 0.903. The van der Waals surface area contributed by atoms with Crippen molar-refractivity contribution in [1.82, 2.24) is 9.78 Å². The van der Waals surface area contributed by atoms with Gasteiger partial charge in [0, 0.05) is 18.9 Å². The summed E-state index contributed by atoms with van der Waals surface area (Å²) < 4.78 is 21.4. The van der Waals surface area contributed by atoms with Crippen LogP contribution < -0.4 is 0 Å². The zero-order valence-electron chi connectivity index (χ0n) is 23.0. The van der Waals surface area contributed by atoms with Crippen LogP contribution in [0.4, 0.5) is 0 Å². The maximum absolute atomic E-state index is 6.89. The molecule has 1 aromatic heterocycles. The molecule has 0 aromatic carbocycles. The van der Waals surface area contributed by atoms with Gasteiger partial charge in [-0.2, -0.15) is 5.10 Å². The van der Waals surface area contributed by atoms with E-state index in [2.05, 4.69) is 31.6 Å². The van der Waals surface area contributed by atoms with E-state index in [9.17, 15) is 0 Å². The lowest BCUT2D eigenvalue weighted by Gasteiger charge is -2.61. The second kappa shape index (κ2) is 8.81. The van der Waals surface area contributed by atoms with Gasteiger partial charge in [-0.25, -0.2) is 4.68 Å². The highest BCUT2D eigenvalue weighted by Crippen LogP contribution is 2.68. The highest BCUT2D eigenvalue weighted by Gasteiger charge is 2.64. The fourth-order valence-electron chi connectivity index (χ4n) is 10.3. The Balaban J connectivity index is 1.12. The highest BCUT2D eigenvalue weighted by molar-refractivity contribution is 5.27. The van der Waals surface area contributed by atoms with E-state index in [0.29, 0.717) is 5.41 Å². The Morgan fingerprint density at radius 1 is 0.889 bits per heavy atom. The minimum Gasteiger partial charge on any atom is -0.357 e. The number of aromatic nitrogens is 2. The van der Waals surface area contributed by atoms with Crippen molar-refractivity contribution in [3.05, 3.63) is 17.5 Å². The first-order valence-electron chi connectivity index (χ1n) is 15.4. The van der Waals surface area contributed by atoms with Gasteiger partial charge in [-0.15, -0.1) is 0 Å². The van der Waals surface area contributed by atoms with Gasteiger partial charge in [0.1, 0.15) is 6.23 Å². The standard InChI is InChI=1S/C31H48N2O3/c1-29-19-21-20-32-33(27-8-4-6-16-34-27)26(21)18-22(29)10-11-23-24(29)12-14-30(2)25(23)13-15-31(30,3)36-28-9-5-7-17-35-28/h20,22-25,27-28H,4-19H2,1-3H3/t22-,23+,24-,25-,27-,28+,29-,30-,31-/m0/s1. The lowest BCUT2D eigenvalue weighted by Crippen LogP contribution is -2.57. The molecule has 1 aromatic rings. The van der Waals surface area contributed by atoms with Crippen LogP contribution in [-0.2, 0) is 27.1 Å². The Morgan fingerprint density at radius 3 is 2.47 bits per heavy atom. The number of hydrogen-bond acceptors (Lipinski definition) is 4. The van der Waals surface area contributed by atoms with Crippen LogP contribution in [0.3, 0.4) is 0 Å². The summed E-state index contributed by atoms with van der Waals surface area (Å²) in [5.74, 6) is 3.27. The van der Waals surface area contributed by atoms with Crippen LogP contribution in [0.1, 0.15) is 115 Å². The van der Waals surface area contributed by atoms with E-state index >= 15 is 0 Å². The Hall–Kier alpha value is -0.910. The molecule has 36 heavy (non-hydrogen) atoms. The van der Waals surface area contributed by atoms with E-state index in [1.54, 1.807) is 0 Å². The third-order valence-corrected chi connectivity index (χ3v) is 12.5. The number of fused-ring (bicyclic) bond motifs is 6. The lowest BCUT2D eigenvalue weighted by molar-refractivity contribution is -0.257. The second-order valence-corrected chi connectivity index (χ2v) is 14.1. The third-order valence-electron chi connectivity index (χ3n) is 12.5. The van der Waals surface area contributed by atoms with E-state index in [-0.39, 0.29) is 23.5 Å². The Bertz CT molecular complexity index is 965. The molecular formula is C31H48N2O3. The van der Waals surface area contributed by atoms with Gasteiger partial charge in [-0.3, -0.25) is 0 Å². The molecule has 5 nitrogen and oxygen atoms in total. The molecule has 3 heterocycles. The van der Waals surface area contributed by atoms with Gasteiger partial charge in [-0.1, -0.05) is 13.8 Å². The van der Waals surface area contributed by atoms with Gasteiger partial charge < -0.3 is 14.2 Å². The predicted molar refractivity (Wildman–Crippen MR) is 139 cm³/mol. The average Bonchev–Trinajstić information content (AvgIpc) is 3.41. The molecule has 0 unspecified atom stereocenters. The van der Waals surface area contributed by atoms with Gasteiger partial charge in [0.25, 0.3) is 0 Å². The highest BCUT2D eigenvalue weighted by atomic mass is 16.7. The Morgan fingerprint density at radius 2 is 1.69 bits per heavy atom. The maximum atomic E-state index is 6.89. The molecule has 200 valence electrons. The van der Waals surface area contributed by atoms with Crippen LogP contribution in [-0.4, -0.2) is 34.9 Å². The number of rotatable bonds is 3. The first-order valence-corrected chi connectivity index (χ1v) is 15.4. The molecule has 0 amide bonds. The fourth-order valence-corrected chi connectivity index (χ4v) is 10.3. The number of nitrogens with zero attached hydrogens (tertiary/aromatic N) is 2. The molecule has 4 aliphatic carbocycles. The summed E-state index contributed by atoms with van der Waals surface area (Å²) in [6, 6.07) is 0. The molecule has 0 bridgehead atoms. The molecule has 0 radical (unpaired) electrons. The van der Waals surface area contributed by atoms with Crippen molar-refractivity contribution in [1.29, 1.82) is 0 Å². The van der Waals surface area contributed by atoms with Crippen LogP contribution in [0.15, 0.2) is 6.20 Å². The molecular weight excluding hydrogens is 448 g/mol. The van der Waals surface area contributed by atoms with Gasteiger partial charge in [0.05, 0.1) is 11.8 Å². The van der Waals surface area contributed by atoms with Crippen molar-refractivity contribution in [2.75, 3.05) is 13.2 Å². The largest absolute Gasteiger partial charge is 0.357 e. The zero-order valence-corrected chi connectivity index (χ0v) is 23.0. The summed E-state index contributed by atoms with van der Waals surface area (Å²) in [7, 11) is 0. The van der Waals surface area contributed by atoms with Crippen molar-refractivity contribution in [3.63, 3.8) is 0 Å². The van der Waals surface area contributed by atoms with Crippen molar-refractivity contribution in [2.24, 2.45) is 34.5 Å². The summed E-state index contributed by atoms with van der Waals surface area (Å²) in [5, 5.41) is 4.92. The second-order valence-electron chi connectivity index (χ2n) is 14.1. The molecule has 0 spiro atoms. The van der Waals surface area contributed by atoms with E-state index in [1.807, 2.05) is 0 Å². The summed E-state index contributed by atoms with van der Waals surface area (Å²) in [4.78, 5) is 0. The topological polar surface area (TPSA) is 45.5 Å². The van der Waals surface area contributed by atoms with Crippen molar-refractivity contribution in [2.45, 2.75) is 129 Å². The van der Waals surface area contributed by atoms with Gasteiger partial charge in [0.15, 0.2) is 6.29 Å². The first-order chi connectivity index (χ1) is 17.4. The summed E-state index contributed by atoms with van der Waals surface area (Å²) in [5.41, 5.74) is 3.67. The van der Waals surface area contributed by atoms with Crippen LogP contribution in [0, 0.1) is 34.5 Å². The molecule has 7 rings (SSSR count). The molecule has 5 heteroatoms. The molecule has 9 atom stereocenters. The lowest BCUT2D eigenvalue weighted by atomic mass is 9.44. The van der Waals surface area contributed by atoms with E-state index in [1.165, 1.54) is 88.3 Å². The summed E-state index contributed by atoms with van der Waals surface area (Å²) in [6.07, 6.45) is 19.9. The van der Waals surface area contributed by atoms with Gasteiger partial charge in [0.2, 0.25) is 0 Å². The molecule has 3 saturated carbocycles. The maximum Gasteiger partial charge on any atom is 0.158 e. The predicted octanol–water partition coefficient (Wildman–Crippen LogP) is 6.84. The Labute approximate surface area is 218 Å². The number of ether oxygens (including phenoxy) is 3. The van der Waals surface area contributed by atoms with Crippen molar-refractivity contribution < 1.29 is 14.2 Å². The van der Waals surface area contributed by atoms with Crippen LogP contribution in [0.2, 0.25) is 0 Å². The van der Waals surface area contributed by atoms with Crippen molar-refractivity contribution in [3.8, 4) is 0 Å². The Kier molecular flexibility index (Phi) is 5.91. The average molecular weight is 497 g/mol. The smallest absolute Gasteiger partial charge is 0.158 e. The molecule has 0 N–H and O–H groups in total. The molecule has 2 aliphatic heterocycles.